The van der Waals surface area contributed by atoms with Gasteiger partial charge in [-0.05, 0) is 42.3 Å². The fourth-order valence-electron chi connectivity index (χ4n) is 2.33. The van der Waals surface area contributed by atoms with Crippen LogP contribution in [-0.2, 0) is 6.42 Å². The number of halogens is 1. The van der Waals surface area contributed by atoms with E-state index in [2.05, 4.69) is 27.9 Å². The van der Waals surface area contributed by atoms with Crippen LogP contribution in [0.15, 0.2) is 42.6 Å². The summed E-state index contributed by atoms with van der Waals surface area (Å²) >= 11 is 6.12. The van der Waals surface area contributed by atoms with Gasteiger partial charge in [0.2, 0.25) is 5.95 Å². The zero-order valence-corrected chi connectivity index (χ0v) is 12.4. The van der Waals surface area contributed by atoms with Gasteiger partial charge in [0, 0.05) is 22.5 Å². The van der Waals surface area contributed by atoms with Gasteiger partial charge in [-0.15, -0.1) is 0 Å². The Kier molecular flexibility index (Phi) is 3.62. The second kappa shape index (κ2) is 5.58. The van der Waals surface area contributed by atoms with E-state index < -0.39 is 0 Å². The lowest BCUT2D eigenvalue weighted by Gasteiger charge is -2.07. The predicted molar refractivity (Wildman–Crippen MR) is 86.1 cm³/mol. The zero-order chi connectivity index (χ0) is 14.8. The van der Waals surface area contributed by atoms with E-state index in [-0.39, 0.29) is 5.95 Å². The van der Waals surface area contributed by atoms with Gasteiger partial charge in [0.05, 0.1) is 11.4 Å². The number of H-pyrrole nitrogens is 1. The molecule has 0 radical (unpaired) electrons. The fourth-order valence-corrected chi connectivity index (χ4v) is 2.51. The number of nitrogens with zero attached hydrogens (tertiary/aromatic N) is 2. The fraction of sp³-hybridized carbons (Fsp3) is 0.125. The van der Waals surface area contributed by atoms with Crippen LogP contribution in [0.4, 0.5) is 5.95 Å². The van der Waals surface area contributed by atoms with E-state index in [9.17, 15) is 0 Å². The van der Waals surface area contributed by atoms with Crippen molar-refractivity contribution in [3.8, 4) is 22.6 Å². The number of aromatic nitrogens is 3. The molecular weight excluding hydrogens is 284 g/mol. The Labute approximate surface area is 128 Å². The minimum atomic E-state index is 0.264. The van der Waals surface area contributed by atoms with Crippen LogP contribution in [0.2, 0.25) is 5.02 Å². The van der Waals surface area contributed by atoms with Crippen molar-refractivity contribution < 1.29 is 0 Å². The smallest absolute Gasteiger partial charge is 0.220 e. The van der Waals surface area contributed by atoms with Gasteiger partial charge in [-0.1, -0.05) is 24.6 Å². The number of rotatable bonds is 3. The Morgan fingerprint density at radius 1 is 1.14 bits per heavy atom. The minimum Gasteiger partial charge on any atom is -0.368 e. The highest BCUT2D eigenvalue weighted by Crippen LogP contribution is 2.29. The Hall–Kier alpha value is -2.33. The molecule has 21 heavy (non-hydrogen) atoms. The van der Waals surface area contributed by atoms with Crippen LogP contribution in [-0.4, -0.2) is 15.0 Å². The SMILES string of the molecule is CCc1ccc(Cl)cc1-c1ccc(-c2ccnc(N)n2)[nH]1. The first-order valence-electron chi connectivity index (χ1n) is 6.74. The number of nitrogen functional groups attached to an aromatic ring is 1. The number of hydrogen-bond acceptors (Lipinski definition) is 3. The molecule has 3 aromatic rings. The predicted octanol–water partition coefficient (Wildman–Crippen LogP) is 3.94. The van der Waals surface area contributed by atoms with Gasteiger partial charge in [-0.2, -0.15) is 0 Å². The molecule has 0 saturated carbocycles. The Bertz CT molecular complexity index is 779. The zero-order valence-electron chi connectivity index (χ0n) is 11.6. The molecule has 0 fully saturated rings. The van der Waals surface area contributed by atoms with E-state index in [0.717, 1.165) is 34.1 Å². The van der Waals surface area contributed by atoms with E-state index in [1.54, 1.807) is 6.20 Å². The summed E-state index contributed by atoms with van der Waals surface area (Å²) in [6, 6.07) is 11.8. The number of hydrogen-bond donors (Lipinski definition) is 2. The summed E-state index contributed by atoms with van der Waals surface area (Å²) in [4.78, 5) is 11.5. The van der Waals surface area contributed by atoms with Crippen LogP contribution in [0.25, 0.3) is 22.6 Å². The summed E-state index contributed by atoms with van der Waals surface area (Å²) in [5.41, 5.74) is 10.7. The molecule has 0 spiro atoms. The van der Waals surface area contributed by atoms with Gasteiger partial charge in [-0.3, -0.25) is 0 Å². The molecule has 2 aromatic heterocycles. The molecular formula is C16H15ClN4. The van der Waals surface area contributed by atoms with Crippen molar-refractivity contribution in [2.75, 3.05) is 5.73 Å². The first-order valence-corrected chi connectivity index (χ1v) is 7.12. The Morgan fingerprint density at radius 2 is 1.95 bits per heavy atom. The summed E-state index contributed by atoms with van der Waals surface area (Å²) in [5, 5.41) is 0.727. The monoisotopic (exact) mass is 298 g/mol. The average Bonchev–Trinajstić information content (AvgIpc) is 2.97. The standard InChI is InChI=1S/C16H15ClN4/c1-2-10-3-4-11(17)9-12(10)13-5-6-14(20-13)15-7-8-19-16(18)21-15/h3-9,20H,2H2,1H3,(H2,18,19,21). The molecule has 3 rings (SSSR count). The van der Waals surface area contributed by atoms with Crippen LogP contribution in [0, 0.1) is 0 Å². The third-order valence-corrected chi connectivity index (χ3v) is 3.61. The van der Waals surface area contributed by atoms with Gasteiger partial charge >= 0.3 is 0 Å². The van der Waals surface area contributed by atoms with E-state index in [1.165, 1.54) is 5.56 Å². The van der Waals surface area contributed by atoms with E-state index in [1.807, 2.05) is 30.3 Å². The topological polar surface area (TPSA) is 67.6 Å². The first kappa shape index (κ1) is 13.6. The molecule has 0 aliphatic carbocycles. The van der Waals surface area contributed by atoms with Crippen LogP contribution in [0.1, 0.15) is 12.5 Å². The quantitative estimate of drug-likeness (QED) is 0.769. The normalized spacial score (nSPS) is 10.8. The first-order chi connectivity index (χ1) is 10.2. The maximum Gasteiger partial charge on any atom is 0.220 e. The average molecular weight is 299 g/mol. The van der Waals surface area contributed by atoms with Crippen LogP contribution in [0.3, 0.4) is 0 Å². The second-order valence-electron chi connectivity index (χ2n) is 4.74. The summed E-state index contributed by atoms with van der Waals surface area (Å²) < 4.78 is 0. The molecule has 0 unspecified atom stereocenters. The summed E-state index contributed by atoms with van der Waals surface area (Å²) in [5.74, 6) is 0.264. The maximum absolute atomic E-state index is 6.12. The number of aryl methyl sites for hydroxylation is 1. The van der Waals surface area contributed by atoms with Crippen molar-refractivity contribution in [3.63, 3.8) is 0 Å². The summed E-state index contributed by atoms with van der Waals surface area (Å²) in [6.07, 6.45) is 2.59. The molecule has 0 bridgehead atoms. The molecule has 5 heteroatoms. The highest BCUT2D eigenvalue weighted by atomic mass is 35.5. The molecule has 0 saturated heterocycles. The molecule has 0 amide bonds. The number of anilines is 1. The number of aromatic amines is 1. The van der Waals surface area contributed by atoms with Crippen LogP contribution < -0.4 is 5.73 Å². The lowest BCUT2D eigenvalue weighted by atomic mass is 10.0. The summed E-state index contributed by atoms with van der Waals surface area (Å²) in [6.45, 7) is 2.13. The molecule has 106 valence electrons. The van der Waals surface area contributed by atoms with Gasteiger partial charge < -0.3 is 10.7 Å². The van der Waals surface area contributed by atoms with E-state index in [0.29, 0.717) is 0 Å². The third-order valence-electron chi connectivity index (χ3n) is 3.38. The Morgan fingerprint density at radius 3 is 2.71 bits per heavy atom. The van der Waals surface area contributed by atoms with Crippen molar-refractivity contribution >= 4 is 17.5 Å². The third kappa shape index (κ3) is 2.76. The maximum atomic E-state index is 6.12. The van der Waals surface area contributed by atoms with Crippen molar-refractivity contribution in [1.82, 2.24) is 15.0 Å². The summed E-state index contributed by atoms with van der Waals surface area (Å²) in [7, 11) is 0. The van der Waals surface area contributed by atoms with Crippen molar-refractivity contribution in [1.29, 1.82) is 0 Å². The Balaban J connectivity index is 2.04. The number of nitrogens with two attached hydrogens (primary N) is 1. The molecule has 0 aliphatic rings. The van der Waals surface area contributed by atoms with E-state index in [4.69, 9.17) is 17.3 Å². The van der Waals surface area contributed by atoms with Crippen molar-refractivity contribution in [3.05, 3.63) is 53.2 Å². The molecule has 1 aromatic carbocycles. The van der Waals surface area contributed by atoms with E-state index >= 15 is 0 Å². The molecule has 4 nitrogen and oxygen atoms in total. The van der Waals surface area contributed by atoms with Crippen molar-refractivity contribution in [2.24, 2.45) is 0 Å². The molecule has 0 atom stereocenters. The minimum absolute atomic E-state index is 0.264. The molecule has 3 N–H and O–H groups in total. The van der Waals surface area contributed by atoms with Crippen LogP contribution in [0.5, 0.6) is 0 Å². The lowest BCUT2D eigenvalue weighted by molar-refractivity contribution is 1.14. The lowest BCUT2D eigenvalue weighted by Crippen LogP contribution is -1.95. The molecule has 2 heterocycles. The molecule has 0 aliphatic heterocycles. The van der Waals surface area contributed by atoms with Gasteiger partial charge in [-0.25, -0.2) is 9.97 Å². The largest absolute Gasteiger partial charge is 0.368 e. The van der Waals surface area contributed by atoms with Crippen molar-refractivity contribution in [2.45, 2.75) is 13.3 Å². The number of nitrogens with one attached hydrogen (secondary N) is 1. The number of benzene rings is 1. The second-order valence-corrected chi connectivity index (χ2v) is 5.18. The van der Waals surface area contributed by atoms with Gasteiger partial charge in [0.15, 0.2) is 0 Å². The van der Waals surface area contributed by atoms with Crippen LogP contribution >= 0.6 is 11.6 Å². The van der Waals surface area contributed by atoms with Gasteiger partial charge in [0.25, 0.3) is 0 Å². The highest BCUT2D eigenvalue weighted by Gasteiger charge is 2.09. The van der Waals surface area contributed by atoms with Gasteiger partial charge in [0.1, 0.15) is 0 Å². The highest BCUT2D eigenvalue weighted by molar-refractivity contribution is 6.30.